The van der Waals surface area contributed by atoms with Crippen LogP contribution >= 0.6 is 0 Å². The molecule has 1 aromatic heterocycles. The van der Waals surface area contributed by atoms with Gasteiger partial charge in [-0.1, -0.05) is 25.6 Å². The summed E-state index contributed by atoms with van der Waals surface area (Å²) in [4.78, 5) is 0. The molecule has 2 aromatic rings. The topological polar surface area (TPSA) is 4.93 Å². The van der Waals surface area contributed by atoms with Gasteiger partial charge in [0.25, 0.3) is 0 Å². The number of nitrogens with zero attached hydrogens (tertiary/aromatic N) is 1. The first-order chi connectivity index (χ1) is 5.95. The van der Waals surface area contributed by atoms with Crippen LogP contribution in [0.3, 0.4) is 0 Å². The van der Waals surface area contributed by atoms with E-state index in [1.54, 1.807) is 0 Å². The van der Waals surface area contributed by atoms with Gasteiger partial charge in [0.05, 0.1) is 0 Å². The van der Waals surface area contributed by atoms with E-state index in [0.29, 0.717) is 0 Å². The molecule has 0 saturated heterocycles. The molecule has 1 heteroatoms. The highest BCUT2D eigenvalue weighted by molar-refractivity contribution is 5.80. The van der Waals surface area contributed by atoms with Gasteiger partial charge in [0.15, 0.2) is 0 Å². The largest absolute Gasteiger partial charge is 0.344 e. The van der Waals surface area contributed by atoms with Gasteiger partial charge in [0.1, 0.15) is 0 Å². The van der Waals surface area contributed by atoms with Crippen LogP contribution in [0.2, 0.25) is 0 Å². The molecule has 0 atom stereocenters. The van der Waals surface area contributed by atoms with E-state index in [9.17, 15) is 0 Å². The Kier molecular flexibility index (Phi) is 1.87. The Morgan fingerprint density at radius 3 is 2.62 bits per heavy atom. The number of rotatable bonds is 1. The minimum Gasteiger partial charge on any atom is -0.344 e. The third-order valence-electron chi connectivity index (χ3n) is 2.57. The number of hydrogen-bond donors (Lipinski definition) is 0. The number of fused-ring (bicyclic) bond motifs is 1. The van der Waals surface area contributed by atoms with E-state index in [0.717, 1.165) is 6.04 Å². The molecule has 0 spiro atoms. The molecule has 1 aliphatic carbocycles. The summed E-state index contributed by atoms with van der Waals surface area (Å²) in [7, 11) is 0. The minimum absolute atomic E-state index is 0. The molecule has 1 aromatic carbocycles. The molecule has 1 fully saturated rings. The summed E-state index contributed by atoms with van der Waals surface area (Å²) < 4.78 is 2.40. The van der Waals surface area contributed by atoms with Gasteiger partial charge in [0.2, 0.25) is 0 Å². The van der Waals surface area contributed by atoms with Gasteiger partial charge < -0.3 is 4.57 Å². The fraction of sp³-hybridized carbons (Fsp3) is 0.333. The van der Waals surface area contributed by atoms with Crippen LogP contribution < -0.4 is 0 Å². The van der Waals surface area contributed by atoms with Gasteiger partial charge in [-0.25, -0.2) is 0 Å². The standard InChI is InChI=1S/C11H11N.CH4/c1-2-4-11-9(3-1)7-8-12(11)10-5-6-10;/h1-4,7-8,10H,5-6H2;1H4. The van der Waals surface area contributed by atoms with Crippen LogP contribution in [0.1, 0.15) is 26.3 Å². The second kappa shape index (κ2) is 2.91. The molecule has 0 aliphatic heterocycles. The minimum atomic E-state index is 0. The Labute approximate surface area is 79.0 Å². The summed E-state index contributed by atoms with van der Waals surface area (Å²) in [6.07, 6.45) is 4.93. The van der Waals surface area contributed by atoms with Crippen molar-refractivity contribution in [1.29, 1.82) is 0 Å². The zero-order valence-corrected chi connectivity index (χ0v) is 6.90. The van der Waals surface area contributed by atoms with E-state index < -0.39 is 0 Å². The van der Waals surface area contributed by atoms with Crippen molar-refractivity contribution in [3.8, 4) is 0 Å². The molecule has 13 heavy (non-hydrogen) atoms. The fourth-order valence-corrected chi connectivity index (χ4v) is 1.78. The summed E-state index contributed by atoms with van der Waals surface area (Å²) in [5, 5.41) is 1.37. The van der Waals surface area contributed by atoms with E-state index in [1.807, 2.05) is 0 Å². The highest BCUT2D eigenvalue weighted by Gasteiger charge is 2.23. The van der Waals surface area contributed by atoms with Gasteiger partial charge in [-0.2, -0.15) is 0 Å². The van der Waals surface area contributed by atoms with Crippen molar-refractivity contribution in [3.63, 3.8) is 0 Å². The lowest BCUT2D eigenvalue weighted by Gasteiger charge is -2.00. The highest BCUT2D eigenvalue weighted by Crippen LogP contribution is 2.37. The van der Waals surface area contributed by atoms with Crippen molar-refractivity contribution in [2.24, 2.45) is 0 Å². The van der Waals surface area contributed by atoms with Gasteiger partial charge in [-0.15, -0.1) is 0 Å². The number of benzene rings is 1. The van der Waals surface area contributed by atoms with Crippen LogP contribution in [-0.2, 0) is 0 Å². The SMILES string of the molecule is C.c1ccc2c(c1)ccn2C1CC1. The van der Waals surface area contributed by atoms with E-state index in [4.69, 9.17) is 0 Å². The van der Waals surface area contributed by atoms with Crippen LogP contribution in [0, 0.1) is 0 Å². The predicted octanol–water partition coefficient (Wildman–Crippen LogP) is 3.61. The lowest BCUT2D eigenvalue weighted by molar-refractivity contribution is 0.776. The molecule has 3 rings (SSSR count). The summed E-state index contributed by atoms with van der Waals surface area (Å²) in [6.45, 7) is 0. The van der Waals surface area contributed by atoms with Crippen molar-refractivity contribution in [2.75, 3.05) is 0 Å². The van der Waals surface area contributed by atoms with Gasteiger partial charge in [-0.3, -0.25) is 0 Å². The number of hydrogen-bond acceptors (Lipinski definition) is 0. The number of para-hydroxylation sites is 1. The molecular formula is C12H15N. The van der Waals surface area contributed by atoms with Crippen LogP contribution in [0.25, 0.3) is 10.9 Å². The highest BCUT2D eigenvalue weighted by atomic mass is 15.0. The monoisotopic (exact) mass is 173 g/mol. The Morgan fingerprint density at radius 1 is 1.08 bits per heavy atom. The summed E-state index contributed by atoms with van der Waals surface area (Å²) in [5.41, 5.74) is 1.39. The summed E-state index contributed by atoms with van der Waals surface area (Å²) in [5.74, 6) is 0. The first kappa shape index (κ1) is 8.36. The lowest BCUT2D eigenvalue weighted by Crippen LogP contribution is -1.89. The summed E-state index contributed by atoms with van der Waals surface area (Å²) in [6, 6.07) is 11.6. The van der Waals surface area contributed by atoms with Crippen molar-refractivity contribution >= 4 is 10.9 Å². The third kappa shape index (κ3) is 1.24. The molecule has 1 nitrogen and oxygen atoms in total. The quantitative estimate of drug-likeness (QED) is 0.620. The third-order valence-corrected chi connectivity index (χ3v) is 2.57. The average Bonchev–Trinajstić information content (AvgIpc) is 2.86. The van der Waals surface area contributed by atoms with E-state index in [-0.39, 0.29) is 7.43 Å². The Hall–Kier alpha value is -1.24. The Morgan fingerprint density at radius 2 is 1.85 bits per heavy atom. The van der Waals surface area contributed by atoms with Gasteiger partial charge in [-0.05, 0) is 30.4 Å². The molecule has 0 unspecified atom stereocenters. The first-order valence-corrected chi connectivity index (χ1v) is 4.51. The molecule has 1 heterocycles. The van der Waals surface area contributed by atoms with Crippen molar-refractivity contribution in [2.45, 2.75) is 26.3 Å². The smallest absolute Gasteiger partial charge is 0.0482 e. The van der Waals surface area contributed by atoms with Crippen LogP contribution in [0.15, 0.2) is 36.5 Å². The Balaban J connectivity index is 0.000000653. The molecule has 1 aliphatic rings. The molecular weight excluding hydrogens is 158 g/mol. The molecule has 1 saturated carbocycles. The van der Waals surface area contributed by atoms with Crippen LogP contribution in [0.5, 0.6) is 0 Å². The molecule has 0 amide bonds. The molecule has 68 valence electrons. The second-order valence-corrected chi connectivity index (χ2v) is 3.51. The van der Waals surface area contributed by atoms with Crippen LogP contribution in [-0.4, -0.2) is 4.57 Å². The van der Waals surface area contributed by atoms with Crippen molar-refractivity contribution < 1.29 is 0 Å². The predicted molar refractivity (Wildman–Crippen MR) is 56.9 cm³/mol. The molecule has 0 bridgehead atoms. The van der Waals surface area contributed by atoms with Crippen molar-refractivity contribution in [1.82, 2.24) is 4.57 Å². The zero-order chi connectivity index (χ0) is 7.97. The second-order valence-electron chi connectivity index (χ2n) is 3.51. The van der Waals surface area contributed by atoms with E-state index >= 15 is 0 Å². The molecule has 0 radical (unpaired) electrons. The maximum Gasteiger partial charge on any atom is 0.0482 e. The average molecular weight is 173 g/mol. The van der Waals surface area contributed by atoms with Gasteiger partial charge in [0, 0.05) is 17.8 Å². The fourth-order valence-electron chi connectivity index (χ4n) is 1.78. The zero-order valence-electron chi connectivity index (χ0n) is 6.90. The normalized spacial score (nSPS) is 15.7. The lowest BCUT2D eigenvalue weighted by atomic mass is 10.2. The van der Waals surface area contributed by atoms with Gasteiger partial charge >= 0.3 is 0 Å². The molecule has 0 N–H and O–H groups in total. The van der Waals surface area contributed by atoms with E-state index in [2.05, 4.69) is 41.1 Å². The van der Waals surface area contributed by atoms with Crippen molar-refractivity contribution in [3.05, 3.63) is 36.5 Å². The maximum atomic E-state index is 2.40. The van der Waals surface area contributed by atoms with E-state index in [1.165, 1.54) is 23.7 Å². The summed E-state index contributed by atoms with van der Waals surface area (Å²) >= 11 is 0. The Bertz CT molecular complexity index is 410. The van der Waals surface area contributed by atoms with Crippen LogP contribution in [0.4, 0.5) is 0 Å². The first-order valence-electron chi connectivity index (χ1n) is 4.51. The number of aromatic nitrogens is 1. The maximum absolute atomic E-state index is 2.40.